The molecule has 0 aromatic carbocycles. The molecule has 0 rings (SSSR count). The normalized spacial score (nSPS) is 12.6. The number of unbranched alkanes of at least 4 members (excludes halogenated alkanes) is 2. The molecular formula is C10H21NO. The van der Waals surface area contributed by atoms with E-state index in [0.29, 0.717) is 12.5 Å². The molecule has 0 unspecified atom stereocenters. The van der Waals surface area contributed by atoms with Crippen molar-refractivity contribution in [1.29, 1.82) is 0 Å². The van der Waals surface area contributed by atoms with E-state index in [0.717, 1.165) is 6.42 Å². The Balaban J connectivity index is 3.32. The number of hydrogen-bond donors (Lipinski definition) is 1. The van der Waals surface area contributed by atoms with Crippen LogP contribution in [0.2, 0.25) is 0 Å². The fourth-order valence-electron chi connectivity index (χ4n) is 1.15. The zero-order valence-electron chi connectivity index (χ0n) is 8.52. The summed E-state index contributed by atoms with van der Waals surface area (Å²) < 4.78 is 0. The molecule has 12 heavy (non-hydrogen) atoms. The van der Waals surface area contributed by atoms with Crippen LogP contribution >= 0.6 is 0 Å². The second kappa shape index (κ2) is 7.14. The number of carbonyl (C=O) groups excluding carboxylic acids is 1. The van der Waals surface area contributed by atoms with Gasteiger partial charge in [0.1, 0.15) is 0 Å². The molecule has 0 aliphatic heterocycles. The number of hydrogen-bond acceptors (Lipinski definition) is 1. The van der Waals surface area contributed by atoms with Crippen LogP contribution < -0.4 is 5.32 Å². The minimum atomic E-state index is 0.166. The van der Waals surface area contributed by atoms with Gasteiger partial charge in [0.15, 0.2) is 0 Å². The summed E-state index contributed by atoms with van der Waals surface area (Å²) in [6.07, 6.45) is 5.44. The summed E-state index contributed by atoms with van der Waals surface area (Å²) in [7, 11) is 0. The number of carbonyl (C=O) groups is 1. The highest BCUT2D eigenvalue weighted by Crippen LogP contribution is 2.02. The van der Waals surface area contributed by atoms with E-state index >= 15 is 0 Å². The largest absolute Gasteiger partial charge is 0.354 e. The fraction of sp³-hybridized carbons (Fsp3) is 0.900. The summed E-state index contributed by atoms with van der Waals surface area (Å²) >= 11 is 0. The van der Waals surface area contributed by atoms with Crippen molar-refractivity contribution in [1.82, 2.24) is 5.32 Å². The summed E-state index contributed by atoms with van der Waals surface area (Å²) in [6.45, 7) is 6.15. The minimum absolute atomic E-state index is 0.166. The Kier molecular flexibility index (Phi) is 6.82. The van der Waals surface area contributed by atoms with Crippen LogP contribution in [0.15, 0.2) is 0 Å². The monoisotopic (exact) mass is 171 g/mol. The maximum atomic E-state index is 10.9. The molecular weight excluding hydrogens is 150 g/mol. The summed E-state index contributed by atoms with van der Waals surface area (Å²) in [5.74, 6) is 0.166. The quantitative estimate of drug-likeness (QED) is 0.611. The van der Waals surface area contributed by atoms with Crippen molar-refractivity contribution in [3.63, 3.8) is 0 Å². The standard InChI is InChI=1S/C10H21NO/c1-4-6-7-8-9(3)11-10(12)5-2/h9H,4-8H2,1-3H3,(H,11,12)/t9-/m1/s1. The van der Waals surface area contributed by atoms with Crippen LogP contribution in [0.5, 0.6) is 0 Å². The van der Waals surface area contributed by atoms with Gasteiger partial charge in [0.2, 0.25) is 5.91 Å². The van der Waals surface area contributed by atoms with Crippen molar-refractivity contribution in [2.24, 2.45) is 0 Å². The van der Waals surface area contributed by atoms with Crippen LogP contribution in [-0.2, 0) is 4.79 Å². The Labute approximate surface area is 75.7 Å². The first-order valence-corrected chi connectivity index (χ1v) is 5.00. The van der Waals surface area contributed by atoms with Gasteiger partial charge in [-0.3, -0.25) is 4.79 Å². The van der Waals surface area contributed by atoms with Crippen LogP contribution in [0, 0.1) is 0 Å². The van der Waals surface area contributed by atoms with Gasteiger partial charge in [0.05, 0.1) is 0 Å². The highest BCUT2D eigenvalue weighted by molar-refractivity contribution is 5.75. The van der Waals surface area contributed by atoms with Crippen molar-refractivity contribution in [3.8, 4) is 0 Å². The zero-order valence-corrected chi connectivity index (χ0v) is 8.52. The average molecular weight is 171 g/mol. The molecule has 0 spiro atoms. The molecule has 1 amide bonds. The molecule has 72 valence electrons. The first-order chi connectivity index (χ1) is 5.70. The highest BCUT2D eigenvalue weighted by atomic mass is 16.1. The van der Waals surface area contributed by atoms with Crippen molar-refractivity contribution in [3.05, 3.63) is 0 Å². The van der Waals surface area contributed by atoms with E-state index in [1.807, 2.05) is 6.92 Å². The third-order valence-electron chi connectivity index (χ3n) is 1.97. The third-order valence-corrected chi connectivity index (χ3v) is 1.97. The number of nitrogens with one attached hydrogen (secondary N) is 1. The van der Waals surface area contributed by atoms with E-state index in [4.69, 9.17) is 0 Å². The fourth-order valence-corrected chi connectivity index (χ4v) is 1.15. The van der Waals surface area contributed by atoms with Gasteiger partial charge in [-0.15, -0.1) is 0 Å². The van der Waals surface area contributed by atoms with Gasteiger partial charge in [-0.25, -0.2) is 0 Å². The van der Waals surface area contributed by atoms with Gasteiger partial charge in [-0.1, -0.05) is 33.1 Å². The lowest BCUT2D eigenvalue weighted by Crippen LogP contribution is -2.31. The molecule has 0 aromatic heterocycles. The molecule has 2 heteroatoms. The van der Waals surface area contributed by atoms with Crippen LogP contribution in [0.4, 0.5) is 0 Å². The smallest absolute Gasteiger partial charge is 0.219 e. The molecule has 0 aromatic rings. The summed E-state index contributed by atoms with van der Waals surface area (Å²) in [4.78, 5) is 10.9. The lowest BCUT2D eigenvalue weighted by Gasteiger charge is -2.12. The molecule has 0 saturated heterocycles. The van der Waals surface area contributed by atoms with Gasteiger partial charge >= 0.3 is 0 Å². The second-order valence-electron chi connectivity index (χ2n) is 3.32. The molecule has 0 fully saturated rings. The average Bonchev–Trinajstić information content (AvgIpc) is 2.05. The lowest BCUT2D eigenvalue weighted by molar-refractivity contribution is -0.121. The van der Waals surface area contributed by atoms with E-state index in [1.54, 1.807) is 0 Å². The van der Waals surface area contributed by atoms with E-state index in [1.165, 1.54) is 19.3 Å². The Morgan fingerprint density at radius 3 is 2.50 bits per heavy atom. The van der Waals surface area contributed by atoms with Gasteiger partial charge < -0.3 is 5.32 Å². The lowest BCUT2D eigenvalue weighted by atomic mass is 10.1. The first-order valence-electron chi connectivity index (χ1n) is 5.00. The van der Waals surface area contributed by atoms with Crippen molar-refractivity contribution < 1.29 is 4.79 Å². The molecule has 1 N–H and O–H groups in total. The van der Waals surface area contributed by atoms with Gasteiger partial charge in [-0.2, -0.15) is 0 Å². The third kappa shape index (κ3) is 6.20. The van der Waals surface area contributed by atoms with Crippen LogP contribution in [0.25, 0.3) is 0 Å². The second-order valence-corrected chi connectivity index (χ2v) is 3.32. The van der Waals surface area contributed by atoms with E-state index in [9.17, 15) is 4.79 Å². The van der Waals surface area contributed by atoms with Crippen molar-refractivity contribution >= 4 is 5.91 Å². The minimum Gasteiger partial charge on any atom is -0.354 e. The van der Waals surface area contributed by atoms with E-state index < -0.39 is 0 Å². The first kappa shape index (κ1) is 11.5. The summed E-state index contributed by atoms with van der Waals surface area (Å²) in [5.41, 5.74) is 0. The summed E-state index contributed by atoms with van der Waals surface area (Å²) in [5, 5.41) is 2.95. The SMILES string of the molecule is CCCCC[C@@H](C)NC(=O)CC. The Morgan fingerprint density at radius 2 is 2.00 bits per heavy atom. The molecule has 0 heterocycles. The predicted octanol–water partition coefficient (Wildman–Crippen LogP) is 2.48. The molecule has 0 saturated carbocycles. The Morgan fingerprint density at radius 1 is 1.33 bits per heavy atom. The van der Waals surface area contributed by atoms with Crippen molar-refractivity contribution in [2.45, 2.75) is 58.9 Å². The zero-order chi connectivity index (χ0) is 9.40. The van der Waals surface area contributed by atoms with Crippen LogP contribution in [-0.4, -0.2) is 11.9 Å². The van der Waals surface area contributed by atoms with Gasteiger partial charge in [0, 0.05) is 12.5 Å². The number of rotatable bonds is 6. The highest BCUT2D eigenvalue weighted by Gasteiger charge is 2.03. The molecule has 0 bridgehead atoms. The molecule has 0 radical (unpaired) electrons. The molecule has 1 atom stereocenters. The van der Waals surface area contributed by atoms with Crippen molar-refractivity contribution in [2.75, 3.05) is 0 Å². The molecule has 2 nitrogen and oxygen atoms in total. The summed E-state index contributed by atoms with van der Waals surface area (Å²) in [6, 6.07) is 0.351. The Bertz CT molecular complexity index is 123. The topological polar surface area (TPSA) is 29.1 Å². The van der Waals surface area contributed by atoms with Gasteiger partial charge in [0.25, 0.3) is 0 Å². The number of amides is 1. The van der Waals surface area contributed by atoms with Crippen LogP contribution in [0.3, 0.4) is 0 Å². The predicted molar refractivity (Wildman–Crippen MR) is 52.0 cm³/mol. The van der Waals surface area contributed by atoms with Gasteiger partial charge in [-0.05, 0) is 13.3 Å². The maximum absolute atomic E-state index is 10.9. The molecule has 0 aliphatic carbocycles. The maximum Gasteiger partial charge on any atom is 0.219 e. The van der Waals surface area contributed by atoms with E-state index in [2.05, 4.69) is 19.2 Å². The van der Waals surface area contributed by atoms with E-state index in [-0.39, 0.29) is 5.91 Å². The Hall–Kier alpha value is -0.530. The molecule has 0 aliphatic rings. The van der Waals surface area contributed by atoms with Crippen LogP contribution in [0.1, 0.15) is 52.9 Å².